The Kier molecular flexibility index (Phi) is 6.99. The topological polar surface area (TPSA) is 9.23 Å². The molecule has 0 saturated heterocycles. The summed E-state index contributed by atoms with van der Waals surface area (Å²) in [4.78, 5) is 0. The predicted molar refractivity (Wildman–Crippen MR) is 47.8 cm³/mol. The first kappa shape index (κ1) is 11.6. The minimum Gasteiger partial charge on any atom is -1.00 e. The maximum Gasteiger partial charge on any atom is -1.00 e. The normalized spacial score (nSPS) is 7.67. The van der Waals surface area contributed by atoms with E-state index in [0.717, 1.165) is 11.0 Å². The van der Waals surface area contributed by atoms with Crippen LogP contribution in [0.15, 0.2) is 43.0 Å². The molecule has 12 heavy (non-hydrogen) atoms. The Labute approximate surface area is 85.9 Å². The second-order valence-electron chi connectivity index (χ2n) is 2.12. The summed E-state index contributed by atoms with van der Waals surface area (Å²) in [6, 6.07) is 9.87. The molecule has 1 aromatic carbocycles. The van der Waals surface area contributed by atoms with Gasteiger partial charge in [0.2, 0.25) is 0 Å². The second-order valence-corrected chi connectivity index (χ2v) is 3.16. The fourth-order valence-corrected chi connectivity index (χ4v) is 1.29. The molecule has 3 heteroatoms. The summed E-state index contributed by atoms with van der Waals surface area (Å²) in [5, 5.41) is 0.981. The Morgan fingerprint density at radius 3 is 2.58 bits per heavy atom. The van der Waals surface area contributed by atoms with Gasteiger partial charge in [-0.15, -0.1) is 0 Å². The first-order chi connectivity index (χ1) is 5.43. The van der Waals surface area contributed by atoms with Crippen molar-refractivity contribution in [2.45, 2.75) is 5.28 Å². The van der Waals surface area contributed by atoms with E-state index in [2.05, 4.69) is 6.58 Å². The fraction of sp³-hybridized carbons (Fsp3) is 0.111. The molecular weight excluding hydrogens is 187 g/mol. The molecule has 0 radical (unpaired) electrons. The van der Waals surface area contributed by atoms with Gasteiger partial charge in [-0.1, -0.05) is 0 Å². The Balaban J connectivity index is 0.00000121. The summed E-state index contributed by atoms with van der Waals surface area (Å²) in [6.07, 6.45) is 1.89. The summed E-state index contributed by atoms with van der Waals surface area (Å²) in [6.45, 7) is 3.63. The van der Waals surface area contributed by atoms with Crippen molar-refractivity contribution in [1.82, 2.24) is 0 Å². The van der Waals surface area contributed by atoms with Gasteiger partial charge in [-0.2, -0.15) is 0 Å². The van der Waals surface area contributed by atoms with E-state index in [1.807, 2.05) is 36.4 Å². The number of allylic oxidation sites excluding steroid dienone is 1. The van der Waals surface area contributed by atoms with Gasteiger partial charge in [0, 0.05) is 0 Å². The van der Waals surface area contributed by atoms with Gasteiger partial charge in [-0.3, -0.25) is 0 Å². The Morgan fingerprint density at radius 2 is 2.00 bits per heavy atom. The molecule has 0 fully saturated rings. The van der Waals surface area contributed by atoms with E-state index in [4.69, 9.17) is 3.79 Å². The minimum atomic E-state index is 0. The number of hydrogen-bond donors (Lipinski definition) is 0. The average Bonchev–Trinajstić information content (AvgIpc) is 2.07. The molecule has 0 atom stereocenters. The largest absolute Gasteiger partial charge is 1.00 e. The molecule has 1 nitrogen and oxygen atoms in total. The molecule has 0 heterocycles. The van der Waals surface area contributed by atoms with Gasteiger partial charge in [-0.25, -0.2) is 0 Å². The van der Waals surface area contributed by atoms with Crippen LogP contribution in [0.3, 0.4) is 0 Å². The molecule has 0 N–H and O–H groups in total. The molecule has 0 aliphatic carbocycles. The van der Waals surface area contributed by atoms with E-state index in [0.29, 0.717) is 0 Å². The summed E-state index contributed by atoms with van der Waals surface area (Å²) >= 11 is 0.0433. The predicted octanol–water partition coefficient (Wildman–Crippen LogP) is -0.707. The quantitative estimate of drug-likeness (QED) is 0.351. The molecule has 62 valence electrons. The number of benzene rings is 1. The van der Waals surface area contributed by atoms with Crippen LogP contribution in [0.25, 0.3) is 0 Å². The molecule has 0 amide bonds. The number of rotatable bonds is 4. The summed E-state index contributed by atoms with van der Waals surface area (Å²) in [7, 11) is 0. The molecule has 0 spiro atoms. The van der Waals surface area contributed by atoms with Crippen LogP contribution in [0, 0.1) is 0 Å². The van der Waals surface area contributed by atoms with Crippen LogP contribution < -0.4 is 16.2 Å². The van der Waals surface area contributed by atoms with Gasteiger partial charge in [0.25, 0.3) is 0 Å². The van der Waals surface area contributed by atoms with Crippen molar-refractivity contribution >= 4 is 15.6 Å². The minimum absolute atomic E-state index is 0. The first-order valence-corrected chi connectivity index (χ1v) is 4.86. The Hall–Kier alpha value is -0.418. The molecule has 0 aliphatic rings. The van der Waals surface area contributed by atoms with Crippen LogP contribution in [0.4, 0.5) is 0 Å². The van der Waals surface area contributed by atoms with Crippen LogP contribution in [0.1, 0.15) is 0 Å². The number of para-hydroxylation sites is 1. The SMILES string of the molecule is C=C[CH2][Al+][O]c1ccccc1.[Cl-]. The second kappa shape index (κ2) is 7.24. The molecular formula is C9H10AlClO. The van der Waals surface area contributed by atoms with Crippen molar-refractivity contribution < 1.29 is 16.2 Å². The van der Waals surface area contributed by atoms with Crippen LogP contribution >= 0.6 is 0 Å². The van der Waals surface area contributed by atoms with Crippen LogP contribution in [0.2, 0.25) is 5.28 Å². The number of hydrogen-bond acceptors (Lipinski definition) is 1. The smallest absolute Gasteiger partial charge is 1.00 e. The van der Waals surface area contributed by atoms with E-state index < -0.39 is 0 Å². The van der Waals surface area contributed by atoms with Crippen molar-refractivity contribution in [3.05, 3.63) is 43.0 Å². The van der Waals surface area contributed by atoms with Gasteiger partial charge in [0.1, 0.15) is 0 Å². The standard InChI is InChI=1S/C6H6O.C3H5.Al.ClH/c7-6-4-2-1-3-5-6;1-3-2;;/h1-5,7H;3H,1-2H2;;1H/q;;+2;/p-2. The zero-order valence-electron chi connectivity index (χ0n) is 6.74. The average molecular weight is 197 g/mol. The molecule has 0 aliphatic heterocycles. The Morgan fingerprint density at radius 1 is 1.33 bits per heavy atom. The van der Waals surface area contributed by atoms with Gasteiger partial charge < -0.3 is 12.4 Å². The molecule has 0 aromatic heterocycles. The third-order valence-corrected chi connectivity index (χ3v) is 2.19. The summed E-state index contributed by atoms with van der Waals surface area (Å²) in [5.41, 5.74) is 0. The molecule has 1 aromatic rings. The van der Waals surface area contributed by atoms with E-state index >= 15 is 0 Å². The summed E-state index contributed by atoms with van der Waals surface area (Å²) in [5.74, 6) is 0.962. The molecule has 0 saturated carbocycles. The van der Waals surface area contributed by atoms with Crippen molar-refractivity contribution in [2.75, 3.05) is 0 Å². The van der Waals surface area contributed by atoms with Gasteiger partial charge in [0.05, 0.1) is 0 Å². The van der Waals surface area contributed by atoms with Crippen LogP contribution in [-0.4, -0.2) is 15.6 Å². The first-order valence-electron chi connectivity index (χ1n) is 3.58. The maximum atomic E-state index is 5.46. The van der Waals surface area contributed by atoms with Crippen molar-refractivity contribution in [1.29, 1.82) is 0 Å². The van der Waals surface area contributed by atoms with Crippen LogP contribution in [0.5, 0.6) is 5.75 Å². The third kappa shape index (κ3) is 4.46. The molecule has 1 rings (SSSR count). The van der Waals surface area contributed by atoms with Gasteiger partial charge in [-0.05, 0) is 0 Å². The summed E-state index contributed by atoms with van der Waals surface area (Å²) < 4.78 is 5.46. The zero-order valence-corrected chi connectivity index (χ0v) is 8.65. The number of halogens is 1. The molecule has 0 bridgehead atoms. The van der Waals surface area contributed by atoms with E-state index in [1.165, 1.54) is 0 Å². The monoisotopic (exact) mass is 196 g/mol. The third-order valence-electron chi connectivity index (χ3n) is 1.23. The van der Waals surface area contributed by atoms with E-state index in [-0.39, 0.29) is 28.0 Å². The zero-order chi connectivity index (χ0) is 7.94. The van der Waals surface area contributed by atoms with Crippen molar-refractivity contribution in [2.24, 2.45) is 0 Å². The van der Waals surface area contributed by atoms with Crippen molar-refractivity contribution in [3.63, 3.8) is 0 Å². The Bertz CT molecular complexity index is 213. The van der Waals surface area contributed by atoms with E-state index in [9.17, 15) is 0 Å². The van der Waals surface area contributed by atoms with Gasteiger partial charge >= 0.3 is 73.4 Å². The maximum absolute atomic E-state index is 5.46. The van der Waals surface area contributed by atoms with Gasteiger partial charge in [0.15, 0.2) is 0 Å². The van der Waals surface area contributed by atoms with Crippen LogP contribution in [-0.2, 0) is 0 Å². The van der Waals surface area contributed by atoms with Crippen molar-refractivity contribution in [3.8, 4) is 5.75 Å². The van der Waals surface area contributed by atoms with E-state index in [1.54, 1.807) is 0 Å². The molecule has 0 unspecified atom stereocenters. The fourth-order valence-electron chi connectivity index (χ4n) is 0.711.